The highest BCUT2D eigenvalue weighted by molar-refractivity contribution is 4.99. The van der Waals surface area contributed by atoms with Crippen molar-refractivity contribution in [3.63, 3.8) is 0 Å². The average molecular weight is 155 g/mol. The lowest BCUT2D eigenvalue weighted by Gasteiger charge is -2.19. The zero-order chi connectivity index (χ0) is 8.69. The van der Waals surface area contributed by atoms with Gasteiger partial charge in [-0.25, -0.2) is 0 Å². The van der Waals surface area contributed by atoms with Crippen LogP contribution >= 0.6 is 0 Å². The summed E-state index contributed by atoms with van der Waals surface area (Å²) in [6.07, 6.45) is 1.07. The Morgan fingerprint density at radius 1 is 1.55 bits per heavy atom. The van der Waals surface area contributed by atoms with Crippen LogP contribution in [0.5, 0.6) is 0 Å². The number of hydrogen-bond acceptors (Lipinski definition) is 2. The highest BCUT2D eigenvalue weighted by Gasteiger charge is 2.12. The van der Waals surface area contributed by atoms with Gasteiger partial charge in [-0.15, -0.1) is 11.8 Å². The van der Waals surface area contributed by atoms with Crippen LogP contribution in [0.25, 0.3) is 0 Å². The molecule has 2 heteroatoms. The van der Waals surface area contributed by atoms with Crippen molar-refractivity contribution in [1.82, 2.24) is 5.32 Å². The molecule has 64 valence electrons. The van der Waals surface area contributed by atoms with Crippen LogP contribution < -0.4 is 5.32 Å². The van der Waals surface area contributed by atoms with E-state index in [1.165, 1.54) is 0 Å². The Morgan fingerprint density at radius 2 is 2.18 bits per heavy atom. The van der Waals surface area contributed by atoms with E-state index in [4.69, 9.17) is 4.74 Å². The van der Waals surface area contributed by atoms with E-state index in [1.807, 2.05) is 20.9 Å². The predicted molar refractivity (Wildman–Crippen MR) is 47.4 cm³/mol. The van der Waals surface area contributed by atoms with E-state index >= 15 is 0 Å². The van der Waals surface area contributed by atoms with E-state index in [9.17, 15) is 0 Å². The predicted octanol–water partition coefficient (Wildman–Crippen LogP) is 1.02. The zero-order valence-electron chi connectivity index (χ0n) is 7.77. The Labute approximate surface area is 69.3 Å². The highest BCUT2D eigenvalue weighted by atomic mass is 16.5. The van der Waals surface area contributed by atoms with Gasteiger partial charge in [-0.05, 0) is 20.9 Å². The van der Waals surface area contributed by atoms with Crippen molar-refractivity contribution in [2.24, 2.45) is 0 Å². The SMILES string of the molecule is CC#CCC(NC)C(C)OC. The van der Waals surface area contributed by atoms with Gasteiger partial charge in [0.05, 0.1) is 6.10 Å². The molecule has 11 heavy (non-hydrogen) atoms. The van der Waals surface area contributed by atoms with Gasteiger partial charge in [-0.1, -0.05) is 0 Å². The van der Waals surface area contributed by atoms with Gasteiger partial charge in [0.25, 0.3) is 0 Å². The van der Waals surface area contributed by atoms with Crippen LogP contribution in [0, 0.1) is 11.8 Å². The molecular weight excluding hydrogens is 138 g/mol. The van der Waals surface area contributed by atoms with Crippen LogP contribution in [-0.2, 0) is 4.74 Å². The molecule has 0 heterocycles. The van der Waals surface area contributed by atoms with Crippen molar-refractivity contribution in [1.29, 1.82) is 0 Å². The van der Waals surface area contributed by atoms with Crippen LogP contribution in [0.1, 0.15) is 20.3 Å². The van der Waals surface area contributed by atoms with Gasteiger partial charge in [-0.2, -0.15) is 0 Å². The molecule has 0 rings (SSSR count). The van der Waals surface area contributed by atoms with Crippen LogP contribution in [0.2, 0.25) is 0 Å². The first-order chi connectivity index (χ1) is 5.26. The van der Waals surface area contributed by atoms with E-state index < -0.39 is 0 Å². The quantitative estimate of drug-likeness (QED) is 0.612. The van der Waals surface area contributed by atoms with Crippen molar-refractivity contribution in [2.45, 2.75) is 32.4 Å². The third-order valence-electron chi connectivity index (χ3n) is 1.81. The molecule has 0 fully saturated rings. The maximum absolute atomic E-state index is 5.17. The molecule has 0 aromatic heterocycles. The molecule has 0 saturated heterocycles. The summed E-state index contributed by atoms with van der Waals surface area (Å²) in [6.45, 7) is 3.89. The summed E-state index contributed by atoms with van der Waals surface area (Å²) in [6, 6.07) is 0.340. The molecule has 0 aromatic rings. The van der Waals surface area contributed by atoms with Crippen molar-refractivity contribution in [3.8, 4) is 11.8 Å². The summed E-state index contributed by atoms with van der Waals surface area (Å²) >= 11 is 0. The van der Waals surface area contributed by atoms with Gasteiger partial charge in [0.1, 0.15) is 0 Å². The first-order valence-corrected chi connectivity index (χ1v) is 3.86. The topological polar surface area (TPSA) is 21.3 Å². The Kier molecular flexibility index (Phi) is 5.91. The maximum atomic E-state index is 5.17. The van der Waals surface area contributed by atoms with Gasteiger partial charge in [0, 0.05) is 19.6 Å². The van der Waals surface area contributed by atoms with Crippen molar-refractivity contribution in [2.75, 3.05) is 14.2 Å². The molecule has 2 atom stereocenters. The lowest BCUT2D eigenvalue weighted by Crippen LogP contribution is -2.36. The van der Waals surface area contributed by atoms with Crippen LogP contribution in [0.15, 0.2) is 0 Å². The molecule has 0 saturated carbocycles. The molecule has 0 amide bonds. The minimum absolute atomic E-state index is 0.223. The van der Waals surface area contributed by atoms with E-state index in [0.29, 0.717) is 6.04 Å². The molecule has 0 aromatic carbocycles. The fraction of sp³-hybridized carbons (Fsp3) is 0.778. The molecule has 0 aliphatic carbocycles. The second-order valence-corrected chi connectivity index (χ2v) is 2.47. The Balaban J connectivity index is 3.80. The van der Waals surface area contributed by atoms with Gasteiger partial charge in [-0.3, -0.25) is 0 Å². The number of methoxy groups -OCH3 is 1. The Bertz CT molecular complexity index is 145. The highest BCUT2D eigenvalue weighted by Crippen LogP contribution is 2.00. The second kappa shape index (κ2) is 6.21. The fourth-order valence-electron chi connectivity index (χ4n) is 0.879. The molecule has 0 spiro atoms. The molecule has 0 bridgehead atoms. The van der Waals surface area contributed by atoms with Gasteiger partial charge < -0.3 is 10.1 Å². The van der Waals surface area contributed by atoms with Crippen molar-refractivity contribution >= 4 is 0 Å². The molecule has 0 aliphatic heterocycles. The van der Waals surface area contributed by atoms with E-state index in [0.717, 1.165) is 6.42 Å². The van der Waals surface area contributed by atoms with E-state index in [2.05, 4.69) is 17.2 Å². The van der Waals surface area contributed by atoms with E-state index in [-0.39, 0.29) is 6.10 Å². The maximum Gasteiger partial charge on any atom is 0.0705 e. The molecule has 2 unspecified atom stereocenters. The van der Waals surface area contributed by atoms with Crippen molar-refractivity contribution in [3.05, 3.63) is 0 Å². The lowest BCUT2D eigenvalue weighted by atomic mass is 10.1. The molecule has 1 N–H and O–H groups in total. The first-order valence-electron chi connectivity index (χ1n) is 3.86. The number of likely N-dealkylation sites (N-methyl/N-ethyl adjacent to an activating group) is 1. The van der Waals surface area contributed by atoms with E-state index in [1.54, 1.807) is 7.11 Å². The smallest absolute Gasteiger partial charge is 0.0705 e. The largest absolute Gasteiger partial charge is 0.380 e. The summed E-state index contributed by atoms with van der Waals surface area (Å²) in [5.74, 6) is 5.89. The molecule has 0 aliphatic rings. The van der Waals surface area contributed by atoms with Crippen LogP contribution in [-0.4, -0.2) is 26.3 Å². The van der Waals surface area contributed by atoms with Gasteiger partial charge in [0.15, 0.2) is 0 Å². The summed E-state index contributed by atoms with van der Waals surface area (Å²) in [5, 5.41) is 3.16. The summed E-state index contributed by atoms with van der Waals surface area (Å²) in [5.41, 5.74) is 0. The number of rotatable bonds is 4. The summed E-state index contributed by atoms with van der Waals surface area (Å²) < 4.78 is 5.17. The number of nitrogens with one attached hydrogen (secondary N) is 1. The minimum atomic E-state index is 0.223. The number of hydrogen-bond donors (Lipinski definition) is 1. The first kappa shape index (κ1) is 10.5. The van der Waals surface area contributed by atoms with Crippen LogP contribution in [0.3, 0.4) is 0 Å². The normalized spacial score (nSPS) is 14.9. The van der Waals surface area contributed by atoms with Crippen LogP contribution in [0.4, 0.5) is 0 Å². The van der Waals surface area contributed by atoms with Gasteiger partial charge in [0.2, 0.25) is 0 Å². The minimum Gasteiger partial charge on any atom is -0.380 e. The molecule has 0 radical (unpaired) electrons. The lowest BCUT2D eigenvalue weighted by molar-refractivity contribution is 0.0872. The van der Waals surface area contributed by atoms with Crippen molar-refractivity contribution < 1.29 is 4.74 Å². The zero-order valence-corrected chi connectivity index (χ0v) is 7.77. The van der Waals surface area contributed by atoms with Gasteiger partial charge >= 0.3 is 0 Å². The average Bonchev–Trinajstić information content (AvgIpc) is 2.05. The Morgan fingerprint density at radius 3 is 2.55 bits per heavy atom. The third kappa shape index (κ3) is 4.02. The summed E-state index contributed by atoms with van der Waals surface area (Å²) in [4.78, 5) is 0. The molecular formula is C9H17NO. The second-order valence-electron chi connectivity index (χ2n) is 2.47. The Hall–Kier alpha value is -0.520. The standard InChI is InChI=1S/C9H17NO/c1-5-6-7-9(10-3)8(2)11-4/h8-10H,7H2,1-4H3. The fourth-order valence-corrected chi connectivity index (χ4v) is 0.879. The summed E-state index contributed by atoms with van der Waals surface area (Å²) in [7, 11) is 3.64. The monoisotopic (exact) mass is 155 g/mol. The third-order valence-corrected chi connectivity index (χ3v) is 1.81. The molecule has 2 nitrogen and oxygen atoms in total. The number of ether oxygens (including phenoxy) is 1.